The van der Waals surface area contributed by atoms with Crippen LogP contribution in [0.15, 0.2) is 0 Å². The minimum absolute atomic E-state index is 0.401. The number of rotatable bonds is 3. The standard InChI is InChI=1S/C4H12O2SSi/c1-2-4(8)3-7(5)6/h4,7H,2-3H2,1,8H3. The maximum absolute atomic E-state index is 10.0. The van der Waals surface area contributed by atoms with Crippen molar-refractivity contribution in [3.63, 3.8) is 0 Å². The van der Waals surface area contributed by atoms with E-state index in [4.69, 9.17) is 0 Å². The Hall–Kier alpha value is 0.167. The van der Waals surface area contributed by atoms with Gasteiger partial charge in [-0.05, 0) is 5.54 Å². The molecule has 0 aliphatic heterocycles. The minimum atomic E-state index is -2.11. The molecule has 0 amide bonds. The molecule has 8 heavy (non-hydrogen) atoms. The third kappa shape index (κ3) is 4.33. The summed E-state index contributed by atoms with van der Waals surface area (Å²) < 4.78 is 20.1. The number of hydrogen-bond donors (Lipinski definition) is 1. The van der Waals surface area contributed by atoms with Gasteiger partial charge in [0.2, 0.25) is 0 Å². The highest BCUT2D eigenvalue weighted by molar-refractivity contribution is 7.72. The third-order valence-corrected chi connectivity index (χ3v) is 3.99. The predicted octanol–water partition coefficient (Wildman–Crippen LogP) is -0.838. The molecule has 0 saturated heterocycles. The summed E-state index contributed by atoms with van der Waals surface area (Å²) in [6, 6.07) is 0. The van der Waals surface area contributed by atoms with Crippen LogP contribution in [-0.4, -0.2) is 24.4 Å². The summed E-state index contributed by atoms with van der Waals surface area (Å²) in [5.74, 6) is 0.401. The van der Waals surface area contributed by atoms with Gasteiger partial charge in [0.1, 0.15) is 10.7 Å². The lowest BCUT2D eigenvalue weighted by Gasteiger charge is -1.98. The summed E-state index contributed by atoms with van der Waals surface area (Å²) in [6.07, 6.45) is 1.01. The molecule has 0 N–H and O–H groups in total. The smallest absolute Gasteiger partial charge is 0.140 e. The molecule has 0 aliphatic rings. The van der Waals surface area contributed by atoms with Crippen molar-refractivity contribution in [1.82, 2.24) is 0 Å². The van der Waals surface area contributed by atoms with Crippen LogP contribution in [0.3, 0.4) is 0 Å². The van der Waals surface area contributed by atoms with Gasteiger partial charge in [0.15, 0.2) is 0 Å². The Bertz CT molecular complexity index is 113. The molecule has 1 atom stereocenters. The molecule has 1 unspecified atom stereocenters. The van der Waals surface area contributed by atoms with E-state index in [2.05, 4.69) is 0 Å². The molecule has 0 aromatic heterocycles. The fraction of sp³-hybridized carbons (Fsp3) is 1.00. The van der Waals surface area contributed by atoms with Crippen LogP contribution < -0.4 is 0 Å². The first-order chi connectivity index (χ1) is 3.66. The normalized spacial score (nSPS) is 14.8. The number of thiol groups is 1. The maximum atomic E-state index is 10.0. The van der Waals surface area contributed by atoms with E-state index < -0.39 is 10.7 Å². The van der Waals surface area contributed by atoms with Gasteiger partial charge in [0.05, 0.1) is 0 Å². The molecule has 0 saturated carbocycles. The second kappa shape index (κ2) is 4.09. The van der Waals surface area contributed by atoms with E-state index in [0.717, 1.165) is 16.7 Å². The van der Waals surface area contributed by atoms with Crippen LogP contribution in [0.5, 0.6) is 0 Å². The molecule has 4 heteroatoms. The van der Waals surface area contributed by atoms with Gasteiger partial charge in [-0.1, -0.05) is 13.3 Å². The van der Waals surface area contributed by atoms with E-state index in [1.165, 1.54) is 0 Å². The van der Waals surface area contributed by atoms with Gasteiger partial charge in [0.25, 0.3) is 0 Å². The zero-order valence-corrected chi connectivity index (χ0v) is 8.15. The van der Waals surface area contributed by atoms with E-state index in [-0.39, 0.29) is 0 Å². The molecule has 0 aliphatic carbocycles. The highest BCUT2D eigenvalue weighted by Crippen LogP contribution is 2.02. The summed E-state index contributed by atoms with van der Waals surface area (Å²) >= 11 is 0. The molecule has 50 valence electrons. The molecule has 0 rings (SSSR count). The molecule has 0 bridgehead atoms. The lowest BCUT2D eigenvalue weighted by Crippen LogP contribution is -1.98. The van der Waals surface area contributed by atoms with Gasteiger partial charge < -0.3 is 0 Å². The van der Waals surface area contributed by atoms with E-state index in [1.807, 2.05) is 6.92 Å². The summed E-state index contributed by atoms with van der Waals surface area (Å²) in [7, 11) is -1.11. The van der Waals surface area contributed by atoms with Crippen molar-refractivity contribution in [2.75, 3.05) is 5.75 Å². The summed E-state index contributed by atoms with van der Waals surface area (Å²) in [4.78, 5) is 0. The minimum Gasteiger partial charge on any atom is -0.232 e. The van der Waals surface area contributed by atoms with Crippen LogP contribution in [0.4, 0.5) is 0 Å². The summed E-state index contributed by atoms with van der Waals surface area (Å²) in [5.41, 5.74) is 0.469. The topological polar surface area (TPSA) is 34.1 Å². The van der Waals surface area contributed by atoms with E-state index in [9.17, 15) is 8.42 Å². The molecular weight excluding hydrogens is 140 g/mol. The highest BCUT2D eigenvalue weighted by Gasteiger charge is 1.97. The first kappa shape index (κ1) is 8.17. The van der Waals surface area contributed by atoms with Crippen molar-refractivity contribution in [3.8, 4) is 0 Å². The fourth-order valence-electron chi connectivity index (χ4n) is 0.384. The predicted molar refractivity (Wildman–Crippen MR) is 39.2 cm³/mol. The second-order valence-corrected chi connectivity index (χ2v) is 4.69. The Morgan fingerprint density at radius 1 is 1.62 bits per heavy atom. The van der Waals surface area contributed by atoms with Crippen LogP contribution >= 0.6 is 0 Å². The van der Waals surface area contributed by atoms with Crippen LogP contribution in [0.2, 0.25) is 5.54 Å². The molecule has 0 radical (unpaired) electrons. The third-order valence-electron chi connectivity index (χ3n) is 1.16. The quantitative estimate of drug-likeness (QED) is 0.423. The largest absolute Gasteiger partial charge is 0.232 e. The van der Waals surface area contributed by atoms with Crippen molar-refractivity contribution in [3.05, 3.63) is 0 Å². The lowest BCUT2D eigenvalue weighted by atomic mass is 10.4. The lowest BCUT2D eigenvalue weighted by molar-refractivity contribution is 0.611. The second-order valence-electron chi connectivity index (χ2n) is 2.03. The van der Waals surface area contributed by atoms with Crippen LogP contribution in [0.1, 0.15) is 13.3 Å². The zero-order valence-electron chi connectivity index (χ0n) is 5.26. The molecule has 0 aromatic rings. The molecule has 0 fully saturated rings. The van der Waals surface area contributed by atoms with Crippen molar-refractivity contribution < 1.29 is 8.42 Å². The van der Waals surface area contributed by atoms with Gasteiger partial charge in [-0.15, -0.1) is 0 Å². The monoisotopic (exact) mass is 152 g/mol. The Labute approximate surface area is 54.7 Å². The van der Waals surface area contributed by atoms with Crippen molar-refractivity contribution in [1.29, 1.82) is 0 Å². The average Bonchev–Trinajstić information content (AvgIpc) is 1.65. The van der Waals surface area contributed by atoms with Gasteiger partial charge >= 0.3 is 0 Å². The first-order valence-electron chi connectivity index (χ1n) is 2.78. The van der Waals surface area contributed by atoms with Crippen LogP contribution in [0, 0.1) is 0 Å². The van der Waals surface area contributed by atoms with Gasteiger partial charge in [-0.25, -0.2) is 8.42 Å². The fourth-order valence-corrected chi connectivity index (χ4v) is 2.05. The van der Waals surface area contributed by atoms with E-state index in [1.54, 1.807) is 0 Å². The maximum Gasteiger partial charge on any atom is 0.140 e. The Kier molecular flexibility index (Phi) is 4.17. The Balaban J connectivity index is 3.39. The van der Waals surface area contributed by atoms with Crippen molar-refractivity contribution >= 4 is 20.9 Å². The van der Waals surface area contributed by atoms with E-state index >= 15 is 0 Å². The molecule has 0 heterocycles. The average molecular weight is 152 g/mol. The van der Waals surface area contributed by atoms with Crippen molar-refractivity contribution in [2.45, 2.75) is 18.9 Å². The zero-order chi connectivity index (χ0) is 6.57. The summed E-state index contributed by atoms with van der Waals surface area (Å²) in [6.45, 7) is 2.02. The Morgan fingerprint density at radius 3 is 2.25 bits per heavy atom. The molecule has 2 nitrogen and oxygen atoms in total. The SMILES string of the molecule is CCC([SiH3])C[SH](=O)=O. The summed E-state index contributed by atoms with van der Waals surface area (Å²) in [5, 5.41) is 0. The highest BCUT2D eigenvalue weighted by atomic mass is 32.2. The van der Waals surface area contributed by atoms with Crippen LogP contribution in [-0.2, 0) is 10.7 Å². The number of hydrogen-bond acceptors (Lipinski definition) is 2. The van der Waals surface area contributed by atoms with Gasteiger partial charge in [-0.2, -0.15) is 0 Å². The Morgan fingerprint density at radius 2 is 2.12 bits per heavy atom. The molecular formula is C4H12O2SSi. The van der Waals surface area contributed by atoms with Gasteiger partial charge in [-0.3, -0.25) is 0 Å². The van der Waals surface area contributed by atoms with Gasteiger partial charge in [0, 0.05) is 16.0 Å². The first-order valence-corrected chi connectivity index (χ1v) is 5.30. The van der Waals surface area contributed by atoms with Crippen LogP contribution in [0.25, 0.3) is 0 Å². The van der Waals surface area contributed by atoms with E-state index in [0.29, 0.717) is 11.3 Å². The van der Waals surface area contributed by atoms with Crippen molar-refractivity contribution in [2.24, 2.45) is 0 Å². The molecule has 0 spiro atoms. The molecule has 0 aromatic carbocycles.